The van der Waals surface area contributed by atoms with Gasteiger partial charge in [-0.25, -0.2) is 4.79 Å². The topological polar surface area (TPSA) is 155 Å². The van der Waals surface area contributed by atoms with E-state index in [1.165, 1.54) is 0 Å². The van der Waals surface area contributed by atoms with Gasteiger partial charge in [0.15, 0.2) is 0 Å². The lowest BCUT2D eigenvalue weighted by Crippen LogP contribution is -2.53. The van der Waals surface area contributed by atoms with Crippen molar-refractivity contribution >= 4 is 23.8 Å². The van der Waals surface area contributed by atoms with Crippen LogP contribution in [0.4, 0.5) is 4.79 Å². The van der Waals surface area contributed by atoms with Gasteiger partial charge in [-0.05, 0) is 64.2 Å². The summed E-state index contributed by atoms with van der Waals surface area (Å²) in [6.45, 7) is 10.8. The van der Waals surface area contributed by atoms with Gasteiger partial charge in [-0.15, -0.1) is 0 Å². The van der Waals surface area contributed by atoms with Crippen LogP contribution in [0.1, 0.15) is 76.1 Å². The molecule has 0 saturated carbocycles. The van der Waals surface area contributed by atoms with Crippen LogP contribution in [0.25, 0.3) is 0 Å². The molecular formula is C26H39N5O5. The third-order valence-electron chi connectivity index (χ3n) is 5.43. The van der Waals surface area contributed by atoms with Gasteiger partial charge in [-0.3, -0.25) is 14.4 Å². The third kappa shape index (κ3) is 9.94. The number of benzene rings is 1. The number of amides is 4. The number of nitrogens with one attached hydrogen (secondary N) is 2. The second-order valence-corrected chi connectivity index (χ2v) is 9.72. The molecule has 1 aromatic rings. The van der Waals surface area contributed by atoms with Gasteiger partial charge in [0.25, 0.3) is 0 Å². The average Bonchev–Trinajstić information content (AvgIpc) is 2.77. The second-order valence-electron chi connectivity index (χ2n) is 9.72. The zero-order valence-electron chi connectivity index (χ0n) is 22.1. The van der Waals surface area contributed by atoms with Crippen LogP contribution in [0.15, 0.2) is 18.2 Å². The highest BCUT2D eigenvalue weighted by Crippen LogP contribution is 2.25. The van der Waals surface area contributed by atoms with Gasteiger partial charge >= 0.3 is 6.09 Å². The highest BCUT2D eigenvalue weighted by molar-refractivity contribution is 5.92. The number of nitrogens with two attached hydrogens (primary N) is 1. The van der Waals surface area contributed by atoms with Crippen molar-refractivity contribution in [2.45, 2.75) is 84.9 Å². The third-order valence-corrected chi connectivity index (χ3v) is 5.43. The molecule has 4 N–H and O–H groups in total. The number of alkyl carbamates (subject to hydrolysis) is 1. The van der Waals surface area contributed by atoms with Gasteiger partial charge in [-0.2, -0.15) is 5.26 Å². The number of unbranched alkanes of at least 4 members (excludes halogenated alkanes) is 1. The molecule has 1 rings (SSSR count). The number of hydrogen-bond acceptors (Lipinski definition) is 6. The van der Waals surface area contributed by atoms with Gasteiger partial charge in [0, 0.05) is 13.0 Å². The van der Waals surface area contributed by atoms with E-state index in [2.05, 4.69) is 10.6 Å². The molecule has 0 spiro atoms. The standard InChI is InChI=1S/C26H39N5O5/c1-7-8-14-29-23(33)22(19-10-9-17(2)18(3)16-19)31(15-13-27)24(34)20(11-12-21(28)32)30-25(35)36-26(4,5)6/h9-10,16,20,22H,7-8,11-12,14-15H2,1-6H3,(H2,28,32)(H,29,33)(H,30,35). The lowest BCUT2D eigenvalue weighted by molar-refractivity contribution is -0.142. The highest BCUT2D eigenvalue weighted by Gasteiger charge is 2.36. The molecule has 0 aromatic heterocycles. The van der Waals surface area contributed by atoms with Gasteiger partial charge in [0.2, 0.25) is 17.7 Å². The van der Waals surface area contributed by atoms with Crippen molar-refractivity contribution in [3.8, 4) is 6.07 Å². The number of carbonyl (C=O) groups is 4. The number of carbonyl (C=O) groups excluding carboxylic acids is 4. The van der Waals surface area contributed by atoms with E-state index in [9.17, 15) is 24.4 Å². The number of nitrogens with zero attached hydrogens (tertiary/aromatic N) is 2. The Bertz CT molecular complexity index is 980. The first kappa shape index (κ1) is 30.4. The van der Waals surface area contributed by atoms with Crippen molar-refractivity contribution in [1.29, 1.82) is 5.26 Å². The Morgan fingerprint density at radius 2 is 1.83 bits per heavy atom. The molecule has 198 valence electrons. The van der Waals surface area contributed by atoms with E-state index in [1.54, 1.807) is 32.9 Å². The summed E-state index contributed by atoms with van der Waals surface area (Å²) >= 11 is 0. The zero-order chi connectivity index (χ0) is 27.5. The molecule has 2 unspecified atom stereocenters. The minimum Gasteiger partial charge on any atom is -0.444 e. The number of ether oxygens (including phenoxy) is 1. The van der Waals surface area contributed by atoms with E-state index < -0.39 is 48.0 Å². The molecule has 0 heterocycles. The van der Waals surface area contributed by atoms with E-state index in [0.717, 1.165) is 28.9 Å². The Balaban J connectivity index is 3.45. The van der Waals surface area contributed by atoms with Crippen LogP contribution in [0, 0.1) is 25.2 Å². The number of hydrogen-bond donors (Lipinski definition) is 3. The minimum absolute atomic E-state index is 0.119. The van der Waals surface area contributed by atoms with E-state index >= 15 is 0 Å². The first-order chi connectivity index (χ1) is 16.8. The van der Waals surface area contributed by atoms with Crippen LogP contribution >= 0.6 is 0 Å². The molecule has 1 aromatic carbocycles. The molecule has 0 radical (unpaired) electrons. The summed E-state index contributed by atoms with van der Waals surface area (Å²) in [7, 11) is 0. The first-order valence-corrected chi connectivity index (χ1v) is 12.1. The Morgan fingerprint density at radius 3 is 2.36 bits per heavy atom. The maximum absolute atomic E-state index is 13.7. The van der Waals surface area contributed by atoms with Crippen molar-refractivity contribution in [2.75, 3.05) is 13.1 Å². The van der Waals surface area contributed by atoms with Crippen molar-refractivity contribution in [3.63, 3.8) is 0 Å². The quantitative estimate of drug-likeness (QED) is 0.295. The number of primary amides is 1. The van der Waals surface area contributed by atoms with E-state index in [4.69, 9.17) is 10.5 Å². The highest BCUT2D eigenvalue weighted by atomic mass is 16.6. The van der Waals surface area contributed by atoms with Gasteiger partial charge < -0.3 is 26.0 Å². The maximum atomic E-state index is 13.7. The minimum atomic E-state index is -1.24. The molecule has 10 nitrogen and oxygen atoms in total. The van der Waals surface area contributed by atoms with Crippen molar-refractivity contribution < 1.29 is 23.9 Å². The fourth-order valence-corrected chi connectivity index (χ4v) is 3.46. The Kier molecular flexibility index (Phi) is 11.9. The predicted octanol–water partition coefficient (Wildman–Crippen LogP) is 2.77. The lowest BCUT2D eigenvalue weighted by atomic mass is 9.98. The molecule has 0 fully saturated rings. The fourth-order valence-electron chi connectivity index (χ4n) is 3.46. The monoisotopic (exact) mass is 501 g/mol. The molecule has 0 aliphatic carbocycles. The van der Waals surface area contributed by atoms with Crippen LogP contribution in [0.5, 0.6) is 0 Å². The largest absolute Gasteiger partial charge is 0.444 e. The van der Waals surface area contributed by atoms with Gasteiger partial charge in [0.05, 0.1) is 6.07 Å². The van der Waals surface area contributed by atoms with Crippen molar-refractivity contribution in [3.05, 3.63) is 34.9 Å². The molecule has 0 bridgehead atoms. The summed E-state index contributed by atoms with van der Waals surface area (Å²) in [5, 5.41) is 14.9. The van der Waals surface area contributed by atoms with Crippen LogP contribution in [-0.2, 0) is 19.1 Å². The number of aryl methyl sites for hydroxylation is 2. The summed E-state index contributed by atoms with van der Waals surface area (Å²) in [5.74, 6) is -1.80. The van der Waals surface area contributed by atoms with E-state index in [0.29, 0.717) is 12.1 Å². The van der Waals surface area contributed by atoms with E-state index in [1.807, 2.05) is 32.9 Å². The maximum Gasteiger partial charge on any atom is 0.408 e. The van der Waals surface area contributed by atoms with Gasteiger partial charge in [0.1, 0.15) is 24.2 Å². The number of nitriles is 1. The van der Waals surface area contributed by atoms with Gasteiger partial charge in [-0.1, -0.05) is 31.5 Å². The summed E-state index contributed by atoms with van der Waals surface area (Å²) in [5.41, 5.74) is 6.91. The molecule has 2 atom stereocenters. The Morgan fingerprint density at radius 1 is 1.17 bits per heavy atom. The van der Waals surface area contributed by atoms with E-state index in [-0.39, 0.29) is 12.8 Å². The smallest absolute Gasteiger partial charge is 0.408 e. The Hall–Kier alpha value is -3.61. The zero-order valence-corrected chi connectivity index (χ0v) is 22.1. The summed E-state index contributed by atoms with van der Waals surface area (Å²) < 4.78 is 5.27. The molecule has 4 amide bonds. The normalized spacial score (nSPS) is 12.6. The number of rotatable bonds is 12. The molecule has 36 heavy (non-hydrogen) atoms. The fraction of sp³-hybridized carbons (Fsp3) is 0.577. The van der Waals surface area contributed by atoms with Crippen LogP contribution in [0.3, 0.4) is 0 Å². The van der Waals surface area contributed by atoms with Crippen molar-refractivity contribution in [2.24, 2.45) is 5.73 Å². The summed E-state index contributed by atoms with van der Waals surface area (Å²) in [4.78, 5) is 52.1. The first-order valence-electron chi connectivity index (χ1n) is 12.1. The van der Waals surface area contributed by atoms with Crippen molar-refractivity contribution in [1.82, 2.24) is 15.5 Å². The summed E-state index contributed by atoms with van der Waals surface area (Å²) in [6, 6.07) is 4.97. The molecule has 0 aliphatic rings. The molecular weight excluding hydrogens is 462 g/mol. The molecule has 0 aliphatic heterocycles. The second kappa shape index (κ2) is 14.1. The average molecular weight is 502 g/mol. The lowest BCUT2D eigenvalue weighted by Gasteiger charge is -2.33. The SMILES string of the molecule is CCCCNC(=O)C(c1ccc(C)c(C)c1)N(CC#N)C(=O)C(CCC(N)=O)NC(=O)OC(C)(C)C. The predicted molar refractivity (Wildman–Crippen MR) is 135 cm³/mol. The summed E-state index contributed by atoms with van der Waals surface area (Å²) in [6.07, 6.45) is 0.441. The Labute approximate surface area is 213 Å². The molecule has 0 saturated heterocycles. The van der Waals surface area contributed by atoms with Crippen LogP contribution in [0.2, 0.25) is 0 Å². The molecule has 10 heteroatoms. The van der Waals surface area contributed by atoms with Crippen LogP contribution < -0.4 is 16.4 Å². The van der Waals surface area contributed by atoms with Crippen LogP contribution in [-0.4, -0.2) is 53.4 Å².